The first-order chi connectivity index (χ1) is 10.3. The maximum absolute atomic E-state index is 10.0. The highest BCUT2D eigenvalue weighted by Gasteiger charge is 2.11. The SMILES string of the molecule is C=CCc1c(O)ccc2c(CCc3ccccc3)csc12. The van der Waals surface area contributed by atoms with Crippen LogP contribution in [0, 0.1) is 0 Å². The Morgan fingerprint density at radius 3 is 2.62 bits per heavy atom. The van der Waals surface area contributed by atoms with E-state index in [0.29, 0.717) is 12.2 Å². The molecule has 1 nitrogen and oxygen atoms in total. The van der Waals surface area contributed by atoms with E-state index in [1.807, 2.05) is 18.2 Å². The minimum Gasteiger partial charge on any atom is -0.508 e. The van der Waals surface area contributed by atoms with Crippen molar-refractivity contribution < 1.29 is 5.11 Å². The van der Waals surface area contributed by atoms with Crippen molar-refractivity contribution in [1.82, 2.24) is 0 Å². The fourth-order valence-electron chi connectivity index (χ4n) is 2.66. The van der Waals surface area contributed by atoms with Gasteiger partial charge in [0.2, 0.25) is 0 Å². The second-order valence-corrected chi connectivity index (χ2v) is 6.06. The Kier molecular flexibility index (Phi) is 4.07. The van der Waals surface area contributed by atoms with Crippen molar-refractivity contribution >= 4 is 21.4 Å². The predicted octanol–water partition coefficient (Wildman–Crippen LogP) is 5.12. The Labute approximate surface area is 129 Å². The van der Waals surface area contributed by atoms with Gasteiger partial charge in [0.15, 0.2) is 0 Å². The molecule has 0 fully saturated rings. The zero-order chi connectivity index (χ0) is 14.7. The zero-order valence-corrected chi connectivity index (χ0v) is 12.7. The molecule has 0 unspecified atom stereocenters. The summed E-state index contributed by atoms with van der Waals surface area (Å²) in [7, 11) is 0. The summed E-state index contributed by atoms with van der Waals surface area (Å²) in [6.07, 6.45) is 4.63. The maximum atomic E-state index is 10.0. The number of aryl methyl sites for hydroxylation is 2. The molecular weight excluding hydrogens is 276 g/mol. The Morgan fingerprint density at radius 1 is 1.05 bits per heavy atom. The third-order valence-electron chi connectivity index (χ3n) is 3.78. The van der Waals surface area contributed by atoms with E-state index in [1.54, 1.807) is 17.4 Å². The van der Waals surface area contributed by atoms with Gasteiger partial charge in [0.05, 0.1) is 0 Å². The molecule has 1 aromatic heterocycles. The van der Waals surface area contributed by atoms with Gasteiger partial charge in [-0.2, -0.15) is 0 Å². The van der Waals surface area contributed by atoms with Crippen LogP contribution >= 0.6 is 11.3 Å². The van der Waals surface area contributed by atoms with Crippen LogP contribution in [-0.4, -0.2) is 5.11 Å². The minimum absolute atomic E-state index is 0.374. The highest BCUT2D eigenvalue weighted by Crippen LogP contribution is 2.35. The molecule has 0 saturated carbocycles. The fourth-order valence-corrected chi connectivity index (χ4v) is 3.82. The molecule has 2 heteroatoms. The van der Waals surface area contributed by atoms with Crippen LogP contribution in [0.25, 0.3) is 10.1 Å². The van der Waals surface area contributed by atoms with Crippen LogP contribution in [0.4, 0.5) is 0 Å². The molecule has 0 amide bonds. The van der Waals surface area contributed by atoms with Gasteiger partial charge in [-0.1, -0.05) is 36.4 Å². The molecule has 0 aliphatic carbocycles. The van der Waals surface area contributed by atoms with Gasteiger partial charge in [0.25, 0.3) is 0 Å². The number of fused-ring (bicyclic) bond motifs is 1. The number of allylic oxidation sites excluding steroid dienone is 1. The molecule has 21 heavy (non-hydrogen) atoms. The summed E-state index contributed by atoms with van der Waals surface area (Å²) in [6.45, 7) is 3.78. The standard InChI is InChI=1S/C19H18OS/c1-2-6-17-18(20)12-11-16-15(13-21-19(16)17)10-9-14-7-4-3-5-8-14/h2-5,7-8,11-13,20H,1,6,9-10H2. The summed E-state index contributed by atoms with van der Waals surface area (Å²) < 4.78 is 1.19. The largest absolute Gasteiger partial charge is 0.508 e. The van der Waals surface area contributed by atoms with E-state index in [2.05, 4.69) is 36.2 Å². The quantitative estimate of drug-likeness (QED) is 0.647. The lowest BCUT2D eigenvalue weighted by molar-refractivity contribution is 0.471. The molecule has 0 aliphatic heterocycles. The van der Waals surface area contributed by atoms with Crippen LogP contribution in [-0.2, 0) is 19.3 Å². The van der Waals surface area contributed by atoms with E-state index >= 15 is 0 Å². The average Bonchev–Trinajstić information content (AvgIpc) is 2.92. The van der Waals surface area contributed by atoms with Gasteiger partial charge >= 0.3 is 0 Å². The number of benzene rings is 2. The third-order valence-corrected chi connectivity index (χ3v) is 4.88. The van der Waals surface area contributed by atoms with Gasteiger partial charge in [-0.15, -0.1) is 17.9 Å². The molecule has 2 aromatic carbocycles. The van der Waals surface area contributed by atoms with Crippen LogP contribution in [0.5, 0.6) is 5.75 Å². The highest BCUT2D eigenvalue weighted by atomic mass is 32.1. The Bertz CT molecular complexity index is 756. The number of hydrogen-bond donors (Lipinski definition) is 1. The molecular formula is C19H18OS. The van der Waals surface area contributed by atoms with Crippen molar-refractivity contribution in [1.29, 1.82) is 0 Å². The van der Waals surface area contributed by atoms with E-state index in [9.17, 15) is 5.11 Å². The zero-order valence-electron chi connectivity index (χ0n) is 11.9. The Morgan fingerprint density at radius 2 is 1.86 bits per heavy atom. The van der Waals surface area contributed by atoms with Gasteiger partial charge in [0.1, 0.15) is 5.75 Å². The number of rotatable bonds is 5. The molecule has 0 aliphatic rings. The van der Waals surface area contributed by atoms with Gasteiger partial charge in [-0.3, -0.25) is 0 Å². The second kappa shape index (κ2) is 6.15. The maximum Gasteiger partial charge on any atom is 0.120 e. The highest BCUT2D eigenvalue weighted by molar-refractivity contribution is 7.17. The predicted molar refractivity (Wildman–Crippen MR) is 91.2 cm³/mol. The first kappa shape index (κ1) is 13.9. The molecule has 0 bridgehead atoms. The van der Waals surface area contributed by atoms with Crippen molar-refractivity contribution in [3.8, 4) is 5.75 Å². The van der Waals surface area contributed by atoms with E-state index in [-0.39, 0.29) is 0 Å². The summed E-state index contributed by atoms with van der Waals surface area (Å²) in [5, 5.41) is 13.5. The van der Waals surface area contributed by atoms with E-state index in [1.165, 1.54) is 21.2 Å². The van der Waals surface area contributed by atoms with Crippen LogP contribution in [0.3, 0.4) is 0 Å². The average molecular weight is 294 g/mol. The number of thiophene rings is 1. The van der Waals surface area contributed by atoms with Crippen LogP contribution in [0.15, 0.2) is 60.5 Å². The summed E-state index contributed by atoms with van der Waals surface area (Å²) >= 11 is 1.72. The lowest BCUT2D eigenvalue weighted by Crippen LogP contribution is -1.90. The van der Waals surface area contributed by atoms with Crippen molar-refractivity contribution in [2.75, 3.05) is 0 Å². The first-order valence-corrected chi connectivity index (χ1v) is 8.03. The number of aromatic hydroxyl groups is 1. The van der Waals surface area contributed by atoms with Crippen LogP contribution in [0.2, 0.25) is 0 Å². The summed E-state index contributed by atoms with van der Waals surface area (Å²) in [5.41, 5.74) is 3.73. The topological polar surface area (TPSA) is 20.2 Å². The lowest BCUT2D eigenvalue weighted by atomic mass is 10.0. The molecule has 0 spiro atoms. The molecule has 0 saturated heterocycles. The van der Waals surface area contributed by atoms with Crippen LogP contribution < -0.4 is 0 Å². The Hall–Kier alpha value is -2.06. The fraction of sp³-hybridized carbons (Fsp3) is 0.158. The van der Waals surface area contributed by atoms with E-state index in [0.717, 1.165) is 18.4 Å². The molecule has 3 rings (SSSR count). The Balaban J connectivity index is 1.90. The number of phenols is 1. The van der Waals surface area contributed by atoms with Crippen molar-refractivity contribution in [2.45, 2.75) is 19.3 Å². The van der Waals surface area contributed by atoms with Crippen LogP contribution in [0.1, 0.15) is 16.7 Å². The molecule has 1 N–H and O–H groups in total. The van der Waals surface area contributed by atoms with Crippen molar-refractivity contribution in [3.63, 3.8) is 0 Å². The normalized spacial score (nSPS) is 10.9. The van der Waals surface area contributed by atoms with Gasteiger partial charge in [0, 0.05) is 10.3 Å². The van der Waals surface area contributed by atoms with E-state index < -0.39 is 0 Å². The minimum atomic E-state index is 0.374. The molecule has 3 aromatic rings. The van der Waals surface area contributed by atoms with Crippen molar-refractivity contribution in [3.05, 3.63) is 77.2 Å². The van der Waals surface area contributed by atoms with Gasteiger partial charge in [-0.05, 0) is 53.3 Å². The van der Waals surface area contributed by atoms with Crippen molar-refractivity contribution in [2.24, 2.45) is 0 Å². The monoisotopic (exact) mass is 294 g/mol. The third kappa shape index (κ3) is 2.86. The number of hydrogen-bond acceptors (Lipinski definition) is 2. The summed E-state index contributed by atoms with van der Waals surface area (Å²) in [4.78, 5) is 0. The number of phenolic OH excluding ortho intramolecular Hbond substituents is 1. The summed E-state index contributed by atoms with van der Waals surface area (Å²) in [6, 6.07) is 14.4. The van der Waals surface area contributed by atoms with E-state index in [4.69, 9.17) is 0 Å². The second-order valence-electron chi connectivity index (χ2n) is 5.18. The summed E-state index contributed by atoms with van der Waals surface area (Å²) in [5.74, 6) is 0.374. The molecule has 106 valence electrons. The smallest absolute Gasteiger partial charge is 0.120 e. The lowest BCUT2D eigenvalue weighted by Gasteiger charge is -2.05. The van der Waals surface area contributed by atoms with Gasteiger partial charge < -0.3 is 5.11 Å². The molecule has 0 atom stereocenters. The first-order valence-electron chi connectivity index (χ1n) is 7.15. The molecule has 0 radical (unpaired) electrons. The van der Waals surface area contributed by atoms with Gasteiger partial charge in [-0.25, -0.2) is 0 Å². The molecule has 1 heterocycles.